The molecule has 0 aromatic heterocycles. The molecule has 0 bridgehead atoms. The zero-order valence-electron chi connectivity index (χ0n) is 34.1. The molecule has 0 spiro atoms. The highest BCUT2D eigenvalue weighted by Crippen LogP contribution is 2.22. The second-order valence-corrected chi connectivity index (χ2v) is 14.4. The Morgan fingerprint density at radius 2 is 1.15 bits per heavy atom. The summed E-state index contributed by atoms with van der Waals surface area (Å²) in [6, 6.07) is -0.844. The molecule has 0 aromatic rings. The number of unbranched alkanes of at least 4 members (excludes halogenated alkanes) is 11. The molecule has 1 saturated heterocycles. The van der Waals surface area contributed by atoms with E-state index in [2.05, 4.69) is 92.1 Å². The van der Waals surface area contributed by atoms with Gasteiger partial charge in [0.15, 0.2) is 6.29 Å². The Balaban J connectivity index is 2.47. The molecule has 1 heterocycles. The number of carbonyl (C=O) groups excluding carboxylic acids is 1. The molecular weight excluding hydrogens is 695 g/mol. The van der Waals surface area contributed by atoms with Gasteiger partial charge in [-0.25, -0.2) is 0 Å². The fraction of sp³-hybridized carbons (Fsp3) is 0.674. The average Bonchev–Trinajstić information content (AvgIpc) is 3.18. The zero-order valence-corrected chi connectivity index (χ0v) is 34.1. The maximum atomic E-state index is 12.9. The van der Waals surface area contributed by atoms with E-state index in [0.717, 1.165) is 83.5 Å². The summed E-state index contributed by atoms with van der Waals surface area (Å²) >= 11 is 0. The van der Waals surface area contributed by atoms with Crippen LogP contribution in [0.15, 0.2) is 85.1 Å². The number of rotatable bonds is 33. The maximum Gasteiger partial charge on any atom is 0.220 e. The number of aliphatic hydroxyl groups is 5. The largest absolute Gasteiger partial charge is 0.394 e. The van der Waals surface area contributed by atoms with E-state index in [-0.39, 0.29) is 12.5 Å². The highest BCUT2D eigenvalue weighted by Gasteiger charge is 2.44. The molecule has 1 fully saturated rings. The third-order valence-electron chi connectivity index (χ3n) is 9.43. The van der Waals surface area contributed by atoms with E-state index in [1.807, 2.05) is 6.08 Å². The minimum absolute atomic E-state index is 0.220. The molecule has 1 rings (SSSR count). The van der Waals surface area contributed by atoms with Crippen LogP contribution in [0.5, 0.6) is 0 Å². The van der Waals surface area contributed by atoms with E-state index in [1.54, 1.807) is 6.08 Å². The Kier molecular flexibility index (Phi) is 32.8. The van der Waals surface area contributed by atoms with Gasteiger partial charge in [0.05, 0.1) is 25.4 Å². The lowest BCUT2D eigenvalue weighted by atomic mass is 9.99. The van der Waals surface area contributed by atoms with Gasteiger partial charge >= 0.3 is 0 Å². The van der Waals surface area contributed by atoms with Crippen molar-refractivity contribution in [2.75, 3.05) is 13.2 Å². The van der Waals surface area contributed by atoms with Gasteiger partial charge in [0.25, 0.3) is 0 Å². The van der Waals surface area contributed by atoms with Gasteiger partial charge in [0.1, 0.15) is 24.4 Å². The highest BCUT2D eigenvalue weighted by molar-refractivity contribution is 5.76. The topological polar surface area (TPSA) is 149 Å². The average molecular weight is 772 g/mol. The number of ether oxygens (including phenoxy) is 2. The number of nitrogens with one attached hydrogen (secondary N) is 1. The summed E-state index contributed by atoms with van der Waals surface area (Å²) in [5.74, 6) is -0.220. The minimum atomic E-state index is -1.58. The lowest BCUT2D eigenvalue weighted by Crippen LogP contribution is -2.60. The van der Waals surface area contributed by atoms with Crippen LogP contribution in [0.2, 0.25) is 0 Å². The normalized spacial score (nSPS) is 22.2. The molecule has 0 aliphatic carbocycles. The van der Waals surface area contributed by atoms with Crippen LogP contribution in [-0.4, -0.2) is 87.5 Å². The molecule has 7 unspecified atom stereocenters. The number of aliphatic hydroxyl groups excluding tert-OH is 5. The first kappa shape index (κ1) is 50.4. The van der Waals surface area contributed by atoms with Crippen molar-refractivity contribution in [1.29, 1.82) is 0 Å². The highest BCUT2D eigenvalue weighted by atomic mass is 16.7. The summed E-state index contributed by atoms with van der Waals surface area (Å²) in [5, 5.41) is 54.0. The van der Waals surface area contributed by atoms with Gasteiger partial charge in [-0.2, -0.15) is 0 Å². The summed E-state index contributed by atoms with van der Waals surface area (Å²) in [4.78, 5) is 12.9. The molecule has 314 valence electrons. The van der Waals surface area contributed by atoms with Gasteiger partial charge in [-0.05, 0) is 83.5 Å². The molecule has 9 heteroatoms. The molecule has 1 aliphatic heterocycles. The first-order chi connectivity index (χ1) is 26.8. The molecule has 7 atom stereocenters. The monoisotopic (exact) mass is 772 g/mol. The molecular formula is C46H77NO8. The van der Waals surface area contributed by atoms with Crippen LogP contribution in [0.3, 0.4) is 0 Å². The second kappa shape index (κ2) is 35.8. The Morgan fingerprint density at radius 3 is 1.73 bits per heavy atom. The van der Waals surface area contributed by atoms with Crippen LogP contribution < -0.4 is 5.32 Å². The second-order valence-electron chi connectivity index (χ2n) is 14.4. The van der Waals surface area contributed by atoms with E-state index < -0.39 is 49.5 Å². The number of allylic oxidation sites excluding steroid dienone is 13. The van der Waals surface area contributed by atoms with Gasteiger partial charge in [0.2, 0.25) is 5.91 Å². The summed E-state index contributed by atoms with van der Waals surface area (Å²) in [6.45, 7) is 3.57. The predicted octanol–water partition coefficient (Wildman–Crippen LogP) is 8.38. The molecule has 9 nitrogen and oxygen atoms in total. The summed E-state index contributed by atoms with van der Waals surface area (Å²) < 4.78 is 11.2. The van der Waals surface area contributed by atoms with Crippen LogP contribution in [0.1, 0.15) is 142 Å². The summed E-state index contributed by atoms with van der Waals surface area (Å²) in [5.41, 5.74) is 0. The van der Waals surface area contributed by atoms with Crippen molar-refractivity contribution in [2.24, 2.45) is 0 Å². The van der Waals surface area contributed by atoms with E-state index >= 15 is 0 Å². The lowest BCUT2D eigenvalue weighted by Gasteiger charge is -2.40. The van der Waals surface area contributed by atoms with E-state index in [1.165, 1.54) is 32.1 Å². The number of hydrogen-bond acceptors (Lipinski definition) is 8. The smallest absolute Gasteiger partial charge is 0.220 e. The van der Waals surface area contributed by atoms with E-state index in [9.17, 15) is 30.3 Å². The molecule has 1 amide bonds. The lowest BCUT2D eigenvalue weighted by molar-refractivity contribution is -0.302. The van der Waals surface area contributed by atoms with Gasteiger partial charge in [0, 0.05) is 6.42 Å². The van der Waals surface area contributed by atoms with E-state index in [4.69, 9.17) is 9.47 Å². The molecule has 6 N–H and O–H groups in total. The van der Waals surface area contributed by atoms with Crippen molar-refractivity contribution in [3.63, 3.8) is 0 Å². The third-order valence-corrected chi connectivity index (χ3v) is 9.43. The molecule has 0 radical (unpaired) electrons. The van der Waals surface area contributed by atoms with Crippen LogP contribution in [0, 0.1) is 0 Å². The SMILES string of the molecule is CC/C=C\C/C=C\C/C=C\C/C=C\CCCCCCC(=O)NC(COC1OC(CO)C(O)C(O)C1O)C(O)/C=C/CC/C=C/CC/C=C/CCCCCCC. The predicted molar refractivity (Wildman–Crippen MR) is 225 cm³/mol. The van der Waals surface area contributed by atoms with Crippen molar-refractivity contribution < 1.29 is 39.8 Å². The fourth-order valence-electron chi connectivity index (χ4n) is 6.00. The molecule has 0 aromatic carbocycles. The van der Waals surface area contributed by atoms with Crippen LogP contribution in [0.25, 0.3) is 0 Å². The molecule has 1 aliphatic rings. The molecule has 0 saturated carbocycles. The summed E-state index contributed by atoms with van der Waals surface area (Å²) in [6.07, 6.45) is 41.9. The van der Waals surface area contributed by atoms with Crippen molar-refractivity contribution in [1.82, 2.24) is 5.32 Å². The third kappa shape index (κ3) is 26.8. The first-order valence-electron chi connectivity index (χ1n) is 21.3. The van der Waals surface area contributed by atoms with Gasteiger partial charge in [-0.15, -0.1) is 0 Å². The maximum absolute atomic E-state index is 12.9. The van der Waals surface area contributed by atoms with E-state index in [0.29, 0.717) is 12.8 Å². The number of hydrogen-bond donors (Lipinski definition) is 6. The number of carbonyl (C=O) groups is 1. The van der Waals surface area contributed by atoms with Gasteiger partial charge in [-0.3, -0.25) is 4.79 Å². The van der Waals surface area contributed by atoms with Crippen LogP contribution in [0.4, 0.5) is 0 Å². The van der Waals surface area contributed by atoms with Gasteiger partial charge in [-0.1, -0.05) is 137 Å². The Labute approximate surface area is 333 Å². The van der Waals surface area contributed by atoms with Crippen molar-refractivity contribution in [2.45, 2.75) is 185 Å². The summed E-state index contributed by atoms with van der Waals surface area (Å²) in [7, 11) is 0. The van der Waals surface area contributed by atoms with Crippen LogP contribution >= 0.6 is 0 Å². The Morgan fingerprint density at radius 1 is 0.636 bits per heavy atom. The van der Waals surface area contributed by atoms with Gasteiger partial charge < -0.3 is 40.3 Å². The van der Waals surface area contributed by atoms with Crippen molar-refractivity contribution >= 4 is 5.91 Å². The number of amides is 1. The zero-order chi connectivity index (χ0) is 40.2. The first-order valence-corrected chi connectivity index (χ1v) is 21.3. The standard InChI is InChI=1S/C46H77NO8/c1-3-5-7-9-11-13-15-17-19-20-22-24-26-28-30-32-34-36-42(50)47-39(38-54-46-45(53)44(52)43(51)41(37-48)55-46)40(49)35-33-31-29-27-25-23-21-18-16-14-12-10-8-6-4-2/h5,7,11,13,16-19,22,24-25,27,33,35,39-41,43-46,48-49,51-53H,3-4,6,8-10,12,14-15,20-21,23,26,28-32,34,36-38H2,1-2H3,(H,47,50)/b7-5-,13-11-,18-16+,19-17-,24-22-,27-25+,35-33+. The molecule has 55 heavy (non-hydrogen) atoms. The Bertz CT molecular complexity index is 1130. The van der Waals surface area contributed by atoms with Crippen molar-refractivity contribution in [3.8, 4) is 0 Å². The quantitative estimate of drug-likeness (QED) is 0.0288. The fourth-order valence-corrected chi connectivity index (χ4v) is 6.00. The van der Waals surface area contributed by atoms with Crippen LogP contribution in [-0.2, 0) is 14.3 Å². The Hall–Kier alpha value is -2.63. The van der Waals surface area contributed by atoms with Crippen molar-refractivity contribution in [3.05, 3.63) is 85.1 Å². The minimum Gasteiger partial charge on any atom is -0.394 e.